The van der Waals surface area contributed by atoms with E-state index >= 15 is 0 Å². The van der Waals surface area contributed by atoms with Gasteiger partial charge in [-0.1, -0.05) is 18.2 Å². The average molecular weight is 308 g/mol. The molecule has 0 saturated carbocycles. The Kier molecular flexibility index (Phi) is 4.15. The van der Waals surface area contributed by atoms with E-state index in [1.165, 1.54) is 0 Å². The highest BCUT2D eigenvalue weighted by Crippen LogP contribution is 2.28. The Labute approximate surface area is 135 Å². The van der Waals surface area contributed by atoms with E-state index in [-0.39, 0.29) is 5.91 Å². The van der Waals surface area contributed by atoms with Crippen LogP contribution < -0.4 is 5.32 Å². The minimum Gasteiger partial charge on any atom is -0.460 e. The lowest BCUT2D eigenvalue weighted by molar-refractivity contribution is -0.120. The third kappa shape index (κ3) is 3.11. The Morgan fingerprint density at radius 2 is 2.04 bits per heavy atom. The summed E-state index contributed by atoms with van der Waals surface area (Å²) < 4.78 is 5.70. The number of fused-ring (bicyclic) bond motifs is 1. The van der Waals surface area contributed by atoms with Gasteiger partial charge in [-0.05, 0) is 49.6 Å². The van der Waals surface area contributed by atoms with Crippen LogP contribution in [-0.4, -0.2) is 17.9 Å². The largest absolute Gasteiger partial charge is 0.460 e. The van der Waals surface area contributed by atoms with E-state index in [2.05, 4.69) is 18.3 Å². The highest BCUT2D eigenvalue weighted by molar-refractivity contribution is 5.87. The van der Waals surface area contributed by atoms with Gasteiger partial charge in [0.2, 0.25) is 5.91 Å². The number of furan rings is 1. The molecule has 4 nitrogen and oxygen atoms in total. The summed E-state index contributed by atoms with van der Waals surface area (Å²) in [5.41, 5.74) is 4.01. The van der Waals surface area contributed by atoms with Crippen LogP contribution in [0.3, 0.4) is 0 Å². The zero-order valence-electron chi connectivity index (χ0n) is 13.6. The molecule has 0 atom stereocenters. The van der Waals surface area contributed by atoms with Crippen LogP contribution in [0.25, 0.3) is 22.4 Å². The van der Waals surface area contributed by atoms with Crippen molar-refractivity contribution in [2.24, 2.45) is 0 Å². The monoisotopic (exact) mass is 308 g/mol. The minimum absolute atomic E-state index is 0.0385. The first kappa shape index (κ1) is 15.3. The fraction of sp³-hybridized carbons (Fsp3) is 0.263. The molecule has 0 aliphatic rings. The molecule has 0 saturated heterocycles. The van der Waals surface area contributed by atoms with Gasteiger partial charge >= 0.3 is 0 Å². The number of amides is 1. The Balaban J connectivity index is 2.07. The van der Waals surface area contributed by atoms with Gasteiger partial charge < -0.3 is 9.73 Å². The van der Waals surface area contributed by atoms with E-state index in [1.807, 2.05) is 37.3 Å². The summed E-state index contributed by atoms with van der Waals surface area (Å²) in [5, 5.41) is 3.78. The van der Waals surface area contributed by atoms with Crippen LogP contribution in [0, 0.1) is 13.8 Å². The number of aryl methyl sites for hydroxylation is 3. The van der Waals surface area contributed by atoms with Crippen LogP contribution in [0.4, 0.5) is 0 Å². The first-order chi connectivity index (χ1) is 11.1. The molecule has 0 unspecified atom stereocenters. The van der Waals surface area contributed by atoms with E-state index in [9.17, 15) is 4.79 Å². The third-order valence-corrected chi connectivity index (χ3v) is 4.02. The molecule has 0 fully saturated rings. The Morgan fingerprint density at radius 1 is 1.22 bits per heavy atom. The summed E-state index contributed by atoms with van der Waals surface area (Å²) in [6, 6.07) is 12.0. The fourth-order valence-corrected chi connectivity index (χ4v) is 2.75. The zero-order valence-corrected chi connectivity index (χ0v) is 13.6. The van der Waals surface area contributed by atoms with Crippen LogP contribution in [-0.2, 0) is 11.2 Å². The Morgan fingerprint density at radius 3 is 2.74 bits per heavy atom. The zero-order chi connectivity index (χ0) is 16.4. The van der Waals surface area contributed by atoms with Crippen molar-refractivity contribution >= 4 is 16.8 Å². The van der Waals surface area contributed by atoms with E-state index in [1.54, 1.807) is 7.05 Å². The van der Waals surface area contributed by atoms with E-state index < -0.39 is 0 Å². The number of hydrogen-bond donors (Lipinski definition) is 1. The van der Waals surface area contributed by atoms with Crippen LogP contribution in [0.1, 0.15) is 23.3 Å². The number of benzene rings is 1. The van der Waals surface area contributed by atoms with Crippen molar-refractivity contribution in [3.8, 4) is 11.5 Å². The van der Waals surface area contributed by atoms with Gasteiger partial charge in [0.1, 0.15) is 11.5 Å². The number of para-hydroxylation sites is 1. The molecule has 0 radical (unpaired) electrons. The summed E-state index contributed by atoms with van der Waals surface area (Å²) in [4.78, 5) is 16.3. The molecule has 3 aromatic rings. The molecule has 3 rings (SSSR count). The molecule has 1 N–H and O–H groups in total. The second-order valence-corrected chi connectivity index (χ2v) is 5.72. The smallest absolute Gasteiger partial charge is 0.220 e. The molecule has 118 valence electrons. The molecule has 1 aromatic carbocycles. The van der Waals surface area contributed by atoms with Crippen molar-refractivity contribution in [2.75, 3.05) is 7.05 Å². The lowest BCUT2D eigenvalue weighted by Gasteiger charge is -2.09. The lowest BCUT2D eigenvalue weighted by atomic mass is 10.0. The molecule has 0 aliphatic heterocycles. The second-order valence-electron chi connectivity index (χ2n) is 5.72. The number of nitrogens with zero attached hydrogens (tertiary/aromatic N) is 1. The summed E-state index contributed by atoms with van der Waals surface area (Å²) in [5.74, 6) is 1.68. The Bertz CT molecular complexity index is 865. The standard InChI is InChI=1S/C19H20N2O2/c1-12-11-16(17-9-7-13(2)23-17)21-19-14(5-4-6-15(12)19)8-10-18(22)20-3/h4-7,9,11H,8,10H2,1-3H3,(H,20,22). The van der Waals surface area contributed by atoms with Gasteiger partial charge in [-0.15, -0.1) is 0 Å². The molecule has 0 spiro atoms. The van der Waals surface area contributed by atoms with Crippen molar-refractivity contribution in [2.45, 2.75) is 26.7 Å². The average Bonchev–Trinajstić information content (AvgIpc) is 2.99. The molecular formula is C19H20N2O2. The van der Waals surface area contributed by atoms with Crippen molar-refractivity contribution in [3.05, 3.63) is 53.3 Å². The van der Waals surface area contributed by atoms with Gasteiger partial charge in [0.15, 0.2) is 5.76 Å². The van der Waals surface area contributed by atoms with Crippen molar-refractivity contribution in [3.63, 3.8) is 0 Å². The molecule has 2 aromatic heterocycles. The fourth-order valence-electron chi connectivity index (χ4n) is 2.75. The normalized spacial score (nSPS) is 10.9. The predicted molar refractivity (Wildman–Crippen MR) is 91.3 cm³/mol. The van der Waals surface area contributed by atoms with Gasteiger partial charge in [0.25, 0.3) is 0 Å². The third-order valence-electron chi connectivity index (χ3n) is 4.02. The summed E-state index contributed by atoms with van der Waals surface area (Å²) >= 11 is 0. The van der Waals surface area contributed by atoms with Crippen molar-refractivity contribution in [1.29, 1.82) is 0 Å². The first-order valence-corrected chi connectivity index (χ1v) is 7.75. The van der Waals surface area contributed by atoms with Crippen molar-refractivity contribution < 1.29 is 9.21 Å². The maximum Gasteiger partial charge on any atom is 0.220 e. The molecule has 4 heteroatoms. The minimum atomic E-state index is 0.0385. The second kappa shape index (κ2) is 6.24. The molecule has 23 heavy (non-hydrogen) atoms. The maximum absolute atomic E-state index is 11.5. The highest BCUT2D eigenvalue weighted by Gasteiger charge is 2.11. The molecule has 0 aliphatic carbocycles. The van der Waals surface area contributed by atoms with Crippen LogP contribution in [0.5, 0.6) is 0 Å². The molecule has 1 amide bonds. The number of aromatic nitrogens is 1. The predicted octanol–water partition coefficient (Wildman–Crippen LogP) is 3.79. The Hall–Kier alpha value is -2.62. The van der Waals surface area contributed by atoms with E-state index in [4.69, 9.17) is 9.40 Å². The first-order valence-electron chi connectivity index (χ1n) is 7.75. The molecule has 0 bridgehead atoms. The van der Waals surface area contributed by atoms with E-state index in [0.29, 0.717) is 12.8 Å². The molecular weight excluding hydrogens is 288 g/mol. The summed E-state index contributed by atoms with van der Waals surface area (Å²) in [6.45, 7) is 4.00. The lowest BCUT2D eigenvalue weighted by Crippen LogP contribution is -2.18. The quantitative estimate of drug-likeness (QED) is 0.798. The number of rotatable bonds is 4. The topological polar surface area (TPSA) is 55.1 Å². The number of nitrogens with one attached hydrogen (secondary N) is 1. The van der Waals surface area contributed by atoms with Gasteiger partial charge in [-0.25, -0.2) is 4.98 Å². The SMILES string of the molecule is CNC(=O)CCc1cccc2c(C)cc(-c3ccc(C)o3)nc12. The number of pyridine rings is 1. The van der Waals surface area contributed by atoms with Gasteiger partial charge in [-0.2, -0.15) is 0 Å². The van der Waals surface area contributed by atoms with Crippen LogP contribution in [0.15, 0.2) is 40.8 Å². The van der Waals surface area contributed by atoms with Gasteiger partial charge in [0.05, 0.1) is 5.52 Å². The highest BCUT2D eigenvalue weighted by atomic mass is 16.3. The summed E-state index contributed by atoms with van der Waals surface area (Å²) in [6.07, 6.45) is 1.13. The van der Waals surface area contributed by atoms with Crippen molar-refractivity contribution in [1.82, 2.24) is 10.3 Å². The molecule has 2 heterocycles. The number of hydrogen-bond acceptors (Lipinski definition) is 3. The number of carbonyl (C=O) groups excluding carboxylic acids is 1. The van der Waals surface area contributed by atoms with Gasteiger partial charge in [-0.3, -0.25) is 4.79 Å². The summed E-state index contributed by atoms with van der Waals surface area (Å²) in [7, 11) is 1.66. The maximum atomic E-state index is 11.5. The van der Waals surface area contributed by atoms with Crippen LogP contribution in [0.2, 0.25) is 0 Å². The van der Waals surface area contributed by atoms with E-state index in [0.717, 1.165) is 39.2 Å². The number of carbonyl (C=O) groups is 1. The van der Waals surface area contributed by atoms with Crippen LogP contribution >= 0.6 is 0 Å². The van der Waals surface area contributed by atoms with Gasteiger partial charge in [0, 0.05) is 18.9 Å².